The molecule has 0 fully saturated rings. The normalized spacial score (nSPS) is 11.3. The van der Waals surface area contributed by atoms with Gasteiger partial charge in [0.05, 0.1) is 23.3 Å². The summed E-state index contributed by atoms with van der Waals surface area (Å²) in [6.45, 7) is 5.82. The van der Waals surface area contributed by atoms with E-state index < -0.39 is 0 Å². The molecule has 2 aromatic heterocycles. The first-order valence-corrected chi connectivity index (χ1v) is 9.11. The molecule has 0 aliphatic carbocycles. The van der Waals surface area contributed by atoms with Crippen molar-refractivity contribution in [2.24, 2.45) is 0 Å². The first kappa shape index (κ1) is 18.4. The van der Waals surface area contributed by atoms with Crippen molar-refractivity contribution < 1.29 is 9.53 Å². The minimum Gasteiger partial charge on any atom is -0.468 e. The SMILES string of the molecule is CCC(CC)n1c(OC)nc2c(-c3ccc(C(C)=O)cc3Cl)nccc21. The highest BCUT2D eigenvalue weighted by atomic mass is 35.5. The van der Waals surface area contributed by atoms with E-state index in [1.807, 2.05) is 12.1 Å². The lowest BCUT2D eigenvalue weighted by molar-refractivity contribution is 0.101. The third-order valence-electron chi connectivity index (χ3n) is 4.70. The zero-order chi connectivity index (χ0) is 18.8. The van der Waals surface area contributed by atoms with E-state index >= 15 is 0 Å². The van der Waals surface area contributed by atoms with Crippen molar-refractivity contribution in [3.8, 4) is 17.3 Å². The number of hydrogen-bond donors (Lipinski definition) is 0. The van der Waals surface area contributed by atoms with Crippen molar-refractivity contribution in [2.45, 2.75) is 39.7 Å². The summed E-state index contributed by atoms with van der Waals surface area (Å²) in [6, 6.07) is 8.07. The van der Waals surface area contributed by atoms with Gasteiger partial charge in [0.1, 0.15) is 5.52 Å². The first-order chi connectivity index (χ1) is 12.5. The Morgan fingerprint density at radius 3 is 2.58 bits per heavy atom. The van der Waals surface area contributed by atoms with Crippen molar-refractivity contribution in [2.75, 3.05) is 7.11 Å². The van der Waals surface area contributed by atoms with Crippen molar-refractivity contribution in [3.05, 3.63) is 41.0 Å². The van der Waals surface area contributed by atoms with E-state index in [0.717, 1.165) is 29.4 Å². The lowest BCUT2D eigenvalue weighted by Crippen LogP contribution is -2.08. The van der Waals surface area contributed by atoms with Crippen LogP contribution in [0.25, 0.3) is 22.3 Å². The van der Waals surface area contributed by atoms with E-state index in [0.29, 0.717) is 28.3 Å². The lowest BCUT2D eigenvalue weighted by atomic mass is 10.1. The molecule has 0 aliphatic heterocycles. The number of imidazole rings is 1. The molecule has 0 radical (unpaired) electrons. The van der Waals surface area contributed by atoms with Gasteiger partial charge in [-0.25, -0.2) is 0 Å². The quantitative estimate of drug-likeness (QED) is 0.550. The molecule has 6 heteroatoms. The lowest BCUT2D eigenvalue weighted by Gasteiger charge is -2.17. The van der Waals surface area contributed by atoms with Gasteiger partial charge in [0.25, 0.3) is 6.01 Å². The summed E-state index contributed by atoms with van der Waals surface area (Å²) in [5.74, 6) is -0.0238. The zero-order valence-corrected chi connectivity index (χ0v) is 16.2. The summed E-state index contributed by atoms with van der Waals surface area (Å²) in [6.07, 6.45) is 3.71. The average Bonchev–Trinajstić information content (AvgIpc) is 3.01. The maximum atomic E-state index is 11.6. The molecule has 2 heterocycles. The molecule has 0 N–H and O–H groups in total. The fraction of sp³-hybridized carbons (Fsp3) is 0.350. The van der Waals surface area contributed by atoms with Gasteiger partial charge in [-0.2, -0.15) is 4.98 Å². The molecular formula is C20H22ClN3O2. The van der Waals surface area contributed by atoms with Gasteiger partial charge in [0.15, 0.2) is 5.78 Å². The largest absolute Gasteiger partial charge is 0.468 e. The number of halogens is 1. The Kier molecular flexibility index (Phi) is 5.28. The molecule has 0 saturated carbocycles. The van der Waals surface area contributed by atoms with Crippen LogP contribution in [0.1, 0.15) is 50.0 Å². The average molecular weight is 372 g/mol. The molecule has 26 heavy (non-hydrogen) atoms. The summed E-state index contributed by atoms with van der Waals surface area (Å²) in [4.78, 5) is 20.8. The summed E-state index contributed by atoms with van der Waals surface area (Å²) < 4.78 is 7.66. The third kappa shape index (κ3) is 3.07. The number of methoxy groups -OCH3 is 1. The van der Waals surface area contributed by atoms with Gasteiger partial charge in [0, 0.05) is 23.4 Å². The highest BCUT2D eigenvalue weighted by Crippen LogP contribution is 2.36. The summed E-state index contributed by atoms with van der Waals surface area (Å²) in [5, 5.41) is 0.480. The summed E-state index contributed by atoms with van der Waals surface area (Å²) >= 11 is 6.45. The third-order valence-corrected chi connectivity index (χ3v) is 5.01. The number of carbonyl (C=O) groups is 1. The van der Waals surface area contributed by atoms with E-state index in [4.69, 9.17) is 16.3 Å². The molecule has 3 rings (SSSR count). The molecule has 0 unspecified atom stereocenters. The van der Waals surface area contributed by atoms with E-state index in [1.54, 1.807) is 25.4 Å². The second-order valence-electron chi connectivity index (χ2n) is 6.22. The Labute approximate surface area is 158 Å². The van der Waals surface area contributed by atoms with Gasteiger partial charge in [-0.05, 0) is 31.9 Å². The van der Waals surface area contributed by atoms with Crippen molar-refractivity contribution in [1.82, 2.24) is 14.5 Å². The number of rotatable bonds is 6. The van der Waals surface area contributed by atoms with Gasteiger partial charge in [-0.3, -0.25) is 14.3 Å². The van der Waals surface area contributed by atoms with Crippen LogP contribution in [0.4, 0.5) is 0 Å². The number of benzene rings is 1. The molecule has 0 amide bonds. The van der Waals surface area contributed by atoms with Gasteiger partial charge in [-0.15, -0.1) is 0 Å². The Balaban J connectivity index is 2.24. The molecule has 1 aromatic carbocycles. The second kappa shape index (κ2) is 7.46. The fourth-order valence-electron chi connectivity index (χ4n) is 3.27. The minimum absolute atomic E-state index is 0.0238. The summed E-state index contributed by atoms with van der Waals surface area (Å²) in [5.41, 5.74) is 3.72. The van der Waals surface area contributed by atoms with Crippen LogP contribution >= 0.6 is 11.6 Å². The monoisotopic (exact) mass is 371 g/mol. The van der Waals surface area contributed by atoms with Crippen LogP contribution in [0.15, 0.2) is 30.5 Å². The van der Waals surface area contributed by atoms with Gasteiger partial charge in [0.2, 0.25) is 0 Å². The number of nitrogens with zero attached hydrogens (tertiary/aromatic N) is 3. The Morgan fingerprint density at radius 1 is 1.27 bits per heavy atom. The van der Waals surface area contributed by atoms with Gasteiger partial charge >= 0.3 is 0 Å². The van der Waals surface area contributed by atoms with E-state index in [2.05, 4.69) is 28.4 Å². The maximum Gasteiger partial charge on any atom is 0.297 e. The van der Waals surface area contributed by atoms with Crippen LogP contribution in [0, 0.1) is 0 Å². The van der Waals surface area contributed by atoms with Crippen molar-refractivity contribution >= 4 is 28.4 Å². The van der Waals surface area contributed by atoms with Crippen LogP contribution in [0.2, 0.25) is 5.02 Å². The van der Waals surface area contributed by atoms with E-state index in [9.17, 15) is 4.79 Å². The van der Waals surface area contributed by atoms with Crippen molar-refractivity contribution in [3.63, 3.8) is 0 Å². The maximum absolute atomic E-state index is 11.6. The first-order valence-electron chi connectivity index (χ1n) is 8.73. The Bertz CT molecular complexity index is 961. The Morgan fingerprint density at radius 2 is 2.00 bits per heavy atom. The van der Waals surface area contributed by atoms with E-state index in [-0.39, 0.29) is 5.78 Å². The summed E-state index contributed by atoms with van der Waals surface area (Å²) in [7, 11) is 1.63. The van der Waals surface area contributed by atoms with Crippen molar-refractivity contribution in [1.29, 1.82) is 0 Å². The molecular weight excluding hydrogens is 350 g/mol. The topological polar surface area (TPSA) is 57.0 Å². The molecule has 0 aliphatic rings. The molecule has 5 nitrogen and oxygen atoms in total. The number of carbonyl (C=O) groups excluding carboxylic acids is 1. The van der Waals surface area contributed by atoms with Crippen LogP contribution < -0.4 is 4.74 Å². The minimum atomic E-state index is -0.0238. The highest BCUT2D eigenvalue weighted by Gasteiger charge is 2.21. The second-order valence-corrected chi connectivity index (χ2v) is 6.62. The molecule has 3 aromatic rings. The number of pyridine rings is 1. The Hall–Kier alpha value is -2.40. The predicted octanol–water partition coefficient (Wildman–Crippen LogP) is 5.32. The molecule has 136 valence electrons. The van der Waals surface area contributed by atoms with Crippen LogP contribution in [0.3, 0.4) is 0 Å². The standard InChI is InChI=1S/C20H22ClN3O2/c1-5-14(6-2)24-17-9-10-22-18(19(17)23-20(24)26-4)15-8-7-13(12(3)25)11-16(15)21/h7-11,14H,5-6H2,1-4H3. The number of fused-ring (bicyclic) bond motifs is 1. The van der Waals surface area contributed by atoms with Crippen LogP contribution in [0.5, 0.6) is 6.01 Å². The number of Topliss-reactive ketones (excluding diaryl/α,β-unsaturated/α-hetero) is 1. The molecule has 0 atom stereocenters. The number of ether oxygens (including phenoxy) is 1. The molecule has 0 saturated heterocycles. The number of aromatic nitrogens is 3. The van der Waals surface area contributed by atoms with E-state index in [1.165, 1.54) is 6.92 Å². The number of hydrogen-bond acceptors (Lipinski definition) is 4. The van der Waals surface area contributed by atoms with Gasteiger partial charge in [-0.1, -0.05) is 37.6 Å². The fourth-order valence-corrected chi connectivity index (χ4v) is 3.54. The predicted molar refractivity (Wildman–Crippen MR) is 104 cm³/mol. The smallest absolute Gasteiger partial charge is 0.297 e. The molecule has 0 spiro atoms. The number of ketones is 1. The van der Waals surface area contributed by atoms with Crippen LogP contribution in [-0.4, -0.2) is 27.4 Å². The van der Waals surface area contributed by atoms with Gasteiger partial charge < -0.3 is 4.74 Å². The highest BCUT2D eigenvalue weighted by molar-refractivity contribution is 6.34. The zero-order valence-electron chi connectivity index (χ0n) is 15.4. The molecule has 0 bridgehead atoms. The van der Waals surface area contributed by atoms with Crippen LogP contribution in [-0.2, 0) is 0 Å².